The van der Waals surface area contributed by atoms with E-state index in [0.29, 0.717) is 16.1 Å². The van der Waals surface area contributed by atoms with Gasteiger partial charge in [-0.3, -0.25) is 10.2 Å². The molecule has 0 aliphatic carbocycles. The topological polar surface area (TPSA) is 110 Å². The summed E-state index contributed by atoms with van der Waals surface area (Å²) in [7, 11) is 0. The number of carbonyl (C=O) groups excluding carboxylic acids is 1. The van der Waals surface area contributed by atoms with Crippen molar-refractivity contribution >= 4 is 39.7 Å². The molecule has 0 saturated carbocycles. The minimum absolute atomic E-state index is 0.0575. The second-order valence-corrected chi connectivity index (χ2v) is 7.18. The summed E-state index contributed by atoms with van der Waals surface area (Å²) >= 11 is 1.07. The van der Waals surface area contributed by atoms with Gasteiger partial charge in [0.15, 0.2) is 0 Å². The highest BCUT2D eigenvalue weighted by atomic mass is 32.1. The van der Waals surface area contributed by atoms with Crippen LogP contribution in [0.3, 0.4) is 0 Å². The molecule has 28 heavy (non-hydrogen) atoms. The molecule has 0 atom stereocenters. The molecule has 0 aliphatic heterocycles. The number of benzene rings is 2. The number of para-hydroxylation sites is 1. The molecule has 7 nitrogen and oxygen atoms in total. The maximum Gasteiger partial charge on any atom is 0.255 e. The molecular weight excluding hydrogens is 374 g/mol. The SMILES string of the molecule is CC(C)NC(=N)c1c(O)nsc1Nc1ccc(C(=O)Nc2ccccc2)cc1. The number of hydrogen-bond donors (Lipinski definition) is 5. The fourth-order valence-electron chi connectivity index (χ4n) is 2.51. The van der Waals surface area contributed by atoms with Crippen molar-refractivity contribution in [2.75, 3.05) is 10.6 Å². The predicted molar refractivity (Wildman–Crippen MR) is 113 cm³/mol. The highest BCUT2D eigenvalue weighted by molar-refractivity contribution is 7.11. The first-order valence-electron chi connectivity index (χ1n) is 8.71. The number of nitrogens with one attached hydrogen (secondary N) is 4. The molecule has 2 aromatic carbocycles. The van der Waals surface area contributed by atoms with Crippen molar-refractivity contribution in [1.29, 1.82) is 5.41 Å². The molecule has 1 amide bonds. The summed E-state index contributed by atoms with van der Waals surface area (Å²) in [5, 5.41) is 27.6. The Labute approximate surface area is 167 Å². The smallest absolute Gasteiger partial charge is 0.255 e. The predicted octanol–water partition coefficient (Wildman–Crippen LogP) is 4.17. The zero-order chi connectivity index (χ0) is 20.1. The molecule has 0 radical (unpaired) electrons. The van der Waals surface area contributed by atoms with E-state index in [1.807, 2.05) is 44.2 Å². The second kappa shape index (κ2) is 8.53. The van der Waals surface area contributed by atoms with Crippen molar-refractivity contribution in [2.24, 2.45) is 0 Å². The molecule has 0 fully saturated rings. The van der Waals surface area contributed by atoms with Gasteiger partial charge in [-0.05, 0) is 61.8 Å². The minimum Gasteiger partial charge on any atom is -0.492 e. The molecule has 3 aromatic rings. The minimum atomic E-state index is -0.197. The lowest BCUT2D eigenvalue weighted by Gasteiger charge is -2.12. The van der Waals surface area contributed by atoms with Crippen molar-refractivity contribution in [3.63, 3.8) is 0 Å². The van der Waals surface area contributed by atoms with Crippen LogP contribution in [0.1, 0.15) is 29.8 Å². The van der Waals surface area contributed by atoms with Crippen molar-refractivity contribution in [3.8, 4) is 5.88 Å². The quantitative estimate of drug-likeness (QED) is 0.318. The van der Waals surface area contributed by atoms with E-state index in [0.717, 1.165) is 22.9 Å². The number of hydrogen-bond acceptors (Lipinski definition) is 6. The highest BCUT2D eigenvalue weighted by Gasteiger charge is 2.18. The molecule has 0 bridgehead atoms. The first-order chi connectivity index (χ1) is 13.4. The summed E-state index contributed by atoms with van der Waals surface area (Å²) < 4.78 is 3.92. The Morgan fingerprint density at radius 1 is 1.07 bits per heavy atom. The molecule has 0 saturated heterocycles. The molecule has 3 rings (SSSR count). The van der Waals surface area contributed by atoms with Gasteiger partial charge in [0.25, 0.3) is 5.91 Å². The van der Waals surface area contributed by atoms with Crippen molar-refractivity contribution in [2.45, 2.75) is 19.9 Å². The molecular formula is C20H21N5O2S. The number of aromatic nitrogens is 1. The lowest BCUT2D eigenvalue weighted by Crippen LogP contribution is -2.30. The normalized spacial score (nSPS) is 10.5. The van der Waals surface area contributed by atoms with Crippen LogP contribution >= 0.6 is 11.5 Å². The Bertz CT molecular complexity index is 968. The van der Waals surface area contributed by atoms with Crippen LogP contribution < -0.4 is 16.0 Å². The van der Waals surface area contributed by atoms with Crippen LogP contribution in [0.5, 0.6) is 5.88 Å². The fraction of sp³-hybridized carbons (Fsp3) is 0.150. The van der Waals surface area contributed by atoms with Gasteiger partial charge in [0.05, 0.1) is 0 Å². The van der Waals surface area contributed by atoms with Crippen LogP contribution in [0.4, 0.5) is 16.4 Å². The Balaban J connectivity index is 1.71. The number of anilines is 3. The summed E-state index contributed by atoms with van der Waals surface area (Å²) in [6, 6.07) is 16.3. The third kappa shape index (κ3) is 4.66. The van der Waals surface area contributed by atoms with E-state index in [1.165, 1.54) is 0 Å². The van der Waals surface area contributed by atoms with E-state index in [9.17, 15) is 9.90 Å². The lowest BCUT2D eigenvalue weighted by molar-refractivity contribution is 0.102. The van der Waals surface area contributed by atoms with E-state index < -0.39 is 0 Å². The average molecular weight is 395 g/mol. The van der Waals surface area contributed by atoms with Gasteiger partial charge in [-0.1, -0.05) is 18.2 Å². The van der Waals surface area contributed by atoms with Crippen LogP contribution in [-0.2, 0) is 0 Å². The van der Waals surface area contributed by atoms with Crippen molar-refractivity contribution < 1.29 is 9.90 Å². The largest absolute Gasteiger partial charge is 0.492 e. The third-order valence-corrected chi connectivity index (χ3v) is 4.55. The van der Waals surface area contributed by atoms with Gasteiger partial charge in [-0.2, -0.15) is 4.37 Å². The Kier molecular flexibility index (Phi) is 5.90. The molecule has 5 N–H and O–H groups in total. The maximum atomic E-state index is 12.3. The summed E-state index contributed by atoms with van der Waals surface area (Å²) in [6.45, 7) is 3.83. The molecule has 144 valence electrons. The molecule has 0 aliphatic rings. The maximum absolute atomic E-state index is 12.3. The second-order valence-electron chi connectivity index (χ2n) is 6.41. The zero-order valence-corrected chi connectivity index (χ0v) is 16.3. The highest BCUT2D eigenvalue weighted by Crippen LogP contribution is 2.32. The Morgan fingerprint density at radius 3 is 2.39 bits per heavy atom. The van der Waals surface area contributed by atoms with Gasteiger partial charge >= 0.3 is 0 Å². The molecule has 0 spiro atoms. The average Bonchev–Trinajstić information content (AvgIpc) is 3.03. The molecule has 8 heteroatoms. The van der Waals surface area contributed by atoms with Crippen LogP contribution in [0, 0.1) is 5.41 Å². The van der Waals surface area contributed by atoms with Crippen LogP contribution in [0.25, 0.3) is 0 Å². The van der Waals surface area contributed by atoms with Crippen LogP contribution in [0.15, 0.2) is 54.6 Å². The monoisotopic (exact) mass is 395 g/mol. The van der Waals surface area contributed by atoms with Gasteiger partial charge in [0.1, 0.15) is 16.4 Å². The summed E-state index contributed by atoms with van der Waals surface area (Å²) in [4.78, 5) is 12.3. The van der Waals surface area contributed by atoms with Crippen LogP contribution in [-0.4, -0.2) is 27.3 Å². The lowest BCUT2D eigenvalue weighted by atomic mass is 10.2. The summed E-state index contributed by atoms with van der Waals surface area (Å²) in [6.07, 6.45) is 0. The van der Waals surface area contributed by atoms with Gasteiger partial charge in [-0.25, -0.2) is 0 Å². The summed E-state index contributed by atoms with van der Waals surface area (Å²) in [5.41, 5.74) is 2.30. The first-order valence-corrected chi connectivity index (χ1v) is 9.49. The van der Waals surface area contributed by atoms with E-state index in [4.69, 9.17) is 5.41 Å². The number of amidine groups is 1. The van der Waals surface area contributed by atoms with E-state index in [2.05, 4.69) is 20.3 Å². The fourth-order valence-corrected chi connectivity index (χ4v) is 3.23. The number of carbonyl (C=O) groups is 1. The number of nitrogens with zero attached hydrogens (tertiary/aromatic N) is 1. The van der Waals surface area contributed by atoms with E-state index in [-0.39, 0.29) is 23.7 Å². The van der Waals surface area contributed by atoms with Gasteiger partial charge in [0.2, 0.25) is 5.88 Å². The van der Waals surface area contributed by atoms with Crippen LogP contribution in [0.2, 0.25) is 0 Å². The number of rotatable bonds is 6. The third-order valence-electron chi connectivity index (χ3n) is 3.79. The molecule has 1 aromatic heterocycles. The Morgan fingerprint density at radius 2 is 1.75 bits per heavy atom. The van der Waals surface area contributed by atoms with E-state index in [1.54, 1.807) is 24.3 Å². The standard InChI is InChI=1S/C20H21N5O2S/c1-12(2)22-17(21)16-19(27)25-28-20(16)24-15-10-8-13(9-11-15)18(26)23-14-6-4-3-5-7-14/h3-12,24H,1-2H3,(H2,21,22)(H,23,26)(H,25,27). The van der Waals surface area contributed by atoms with E-state index >= 15 is 0 Å². The zero-order valence-electron chi connectivity index (χ0n) is 15.5. The molecule has 0 unspecified atom stereocenters. The van der Waals surface area contributed by atoms with Crippen molar-refractivity contribution in [1.82, 2.24) is 9.69 Å². The first kappa shape index (κ1) is 19.4. The number of amides is 1. The Hall–Kier alpha value is -3.39. The summed E-state index contributed by atoms with van der Waals surface area (Å²) in [5.74, 6) is -0.288. The van der Waals surface area contributed by atoms with Crippen molar-refractivity contribution in [3.05, 3.63) is 65.7 Å². The number of aromatic hydroxyl groups is 1. The van der Waals surface area contributed by atoms with Gasteiger partial charge < -0.3 is 21.1 Å². The molecule has 1 heterocycles. The van der Waals surface area contributed by atoms with Gasteiger partial charge in [0, 0.05) is 23.0 Å². The van der Waals surface area contributed by atoms with Gasteiger partial charge in [-0.15, -0.1) is 0 Å².